The Morgan fingerprint density at radius 1 is 1.10 bits per heavy atom. The highest BCUT2D eigenvalue weighted by molar-refractivity contribution is 5.58. The van der Waals surface area contributed by atoms with Crippen LogP contribution >= 0.6 is 0 Å². The summed E-state index contributed by atoms with van der Waals surface area (Å²) in [5.41, 5.74) is 1.20. The molecule has 1 atom stereocenters. The fourth-order valence-corrected chi connectivity index (χ4v) is 3.81. The van der Waals surface area contributed by atoms with Gasteiger partial charge < -0.3 is 19.5 Å². The molecule has 20 heavy (non-hydrogen) atoms. The first-order valence-corrected chi connectivity index (χ1v) is 7.60. The van der Waals surface area contributed by atoms with Gasteiger partial charge in [0.25, 0.3) is 0 Å². The van der Waals surface area contributed by atoms with Gasteiger partial charge in [0.05, 0.1) is 0 Å². The van der Waals surface area contributed by atoms with Crippen LogP contribution in [0.4, 0.5) is 0 Å². The smallest absolute Gasteiger partial charge is 0.204 e. The standard InChI is InChI=1S/C16H21NO3/c1-17-12-10-16(6-2-3-7-16)20-14-11(12)4-5-13-15(14)19-9-8-18-13/h4-5,12,17H,2-3,6-10H2,1H3. The first-order valence-electron chi connectivity index (χ1n) is 7.60. The molecule has 108 valence electrons. The van der Waals surface area contributed by atoms with Gasteiger partial charge >= 0.3 is 0 Å². The molecule has 4 nitrogen and oxygen atoms in total. The minimum atomic E-state index is -0.00337. The van der Waals surface area contributed by atoms with Gasteiger partial charge in [0.2, 0.25) is 5.75 Å². The van der Waals surface area contributed by atoms with E-state index >= 15 is 0 Å². The normalized spacial score (nSPS) is 26.1. The Bertz CT molecular complexity index is 523. The highest BCUT2D eigenvalue weighted by Crippen LogP contribution is 2.53. The maximum atomic E-state index is 6.47. The first kappa shape index (κ1) is 12.3. The van der Waals surface area contributed by atoms with E-state index in [1.807, 2.05) is 13.1 Å². The van der Waals surface area contributed by atoms with Crippen LogP contribution in [-0.4, -0.2) is 25.9 Å². The van der Waals surface area contributed by atoms with Crippen molar-refractivity contribution in [3.05, 3.63) is 17.7 Å². The molecule has 1 unspecified atom stereocenters. The van der Waals surface area contributed by atoms with Crippen LogP contribution in [0.1, 0.15) is 43.7 Å². The molecule has 4 heteroatoms. The summed E-state index contributed by atoms with van der Waals surface area (Å²) in [7, 11) is 2.03. The Hall–Kier alpha value is -1.42. The summed E-state index contributed by atoms with van der Waals surface area (Å²) < 4.78 is 18.0. The summed E-state index contributed by atoms with van der Waals surface area (Å²) >= 11 is 0. The average Bonchev–Trinajstić information content (AvgIpc) is 2.94. The van der Waals surface area contributed by atoms with Crippen LogP contribution in [-0.2, 0) is 0 Å². The summed E-state index contributed by atoms with van der Waals surface area (Å²) in [6.07, 6.45) is 5.87. The number of ether oxygens (including phenoxy) is 3. The number of hydrogen-bond acceptors (Lipinski definition) is 4. The number of hydrogen-bond donors (Lipinski definition) is 1. The third kappa shape index (κ3) is 1.78. The van der Waals surface area contributed by atoms with Gasteiger partial charge in [-0.1, -0.05) is 0 Å². The molecule has 1 aromatic rings. The van der Waals surface area contributed by atoms with Crippen LogP contribution in [0, 0.1) is 0 Å². The van der Waals surface area contributed by atoms with Gasteiger partial charge in [-0.2, -0.15) is 0 Å². The summed E-state index contributed by atoms with van der Waals surface area (Å²) in [5.74, 6) is 2.54. The minimum absolute atomic E-state index is 0.00337. The first-order chi connectivity index (χ1) is 9.81. The van der Waals surface area contributed by atoms with Crippen molar-refractivity contribution in [2.45, 2.75) is 43.7 Å². The zero-order valence-electron chi connectivity index (χ0n) is 11.9. The summed E-state index contributed by atoms with van der Waals surface area (Å²) in [6, 6.07) is 4.46. The Kier molecular flexibility index (Phi) is 2.81. The quantitative estimate of drug-likeness (QED) is 0.855. The van der Waals surface area contributed by atoms with Crippen LogP contribution in [0.3, 0.4) is 0 Å². The number of benzene rings is 1. The largest absolute Gasteiger partial charge is 0.486 e. The highest BCUT2D eigenvalue weighted by Gasteiger charge is 2.44. The topological polar surface area (TPSA) is 39.7 Å². The van der Waals surface area contributed by atoms with E-state index in [0.29, 0.717) is 19.3 Å². The van der Waals surface area contributed by atoms with Crippen molar-refractivity contribution < 1.29 is 14.2 Å². The van der Waals surface area contributed by atoms with Crippen LogP contribution < -0.4 is 19.5 Å². The van der Waals surface area contributed by atoms with Gasteiger partial charge in [-0.25, -0.2) is 0 Å². The lowest BCUT2D eigenvalue weighted by Crippen LogP contribution is -2.41. The van der Waals surface area contributed by atoms with Crippen LogP contribution in [0.15, 0.2) is 12.1 Å². The second kappa shape index (κ2) is 4.55. The number of nitrogens with one attached hydrogen (secondary N) is 1. The Balaban J connectivity index is 1.81. The van der Waals surface area contributed by atoms with E-state index in [-0.39, 0.29) is 5.60 Å². The van der Waals surface area contributed by atoms with Crippen LogP contribution in [0.5, 0.6) is 17.2 Å². The van der Waals surface area contributed by atoms with Crippen molar-refractivity contribution in [2.75, 3.05) is 20.3 Å². The van der Waals surface area contributed by atoms with E-state index in [4.69, 9.17) is 14.2 Å². The van der Waals surface area contributed by atoms with Crippen molar-refractivity contribution in [3.63, 3.8) is 0 Å². The minimum Gasteiger partial charge on any atom is -0.486 e. The zero-order chi connectivity index (χ0) is 13.6. The number of fused-ring (bicyclic) bond motifs is 3. The van der Waals surface area contributed by atoms with Gasteiger partial charge in [-0.15, -0.1) is 0 Å². The van der Waals surface area contributed by atoms with Crippen molar-refractivity contribution in [2.24, 2.45) is 0 Å². The molecule has 2 aliphatic heterocycles. The Labute approximate surface area is 119 Å². The van der Waals surface area contributed by atoms with Gasteiger partial charge in [0.1, 0.15) is 18.8 Å². The average molecular weight is 275 g/mol. The van der Waals surface area contributed by atoms with E-state index in [2.05, 4.69) is 11.4 Å². The van der Waals surface area contributed by atoms with Gasteiger partial charge in [0.15, 0.2) is 11.5 Å². The van der Waals surface area contributed by atoms with Crippen molar-refractivity contribution >= 4 is 0 Å². The zero-order valence-corrected chi connectivity index (χ0v) is 11.9. The molecule has 0 radical (unpaired) electrons. The molecule has 1 spiro atoms. The molecule has 2 heterocycles. The molecule has 3 aliphatic rings. The maximum Gasteiger partial charge on any atom is 0.204 e. The molecule has 1 N–H and O–H groups in total. The lowest BCUT2D eigenvalue weighted by Gasteiger charge is -2.41. The van der Waals surface area contributed by atoms with Crippen LogP contribution in [0.2, 0.25) is 0 Å². The van der Waals surface area contributed by atoms with Gasteiger partial charge in [-0.05, 0) is 44.9 Å². The third-order valence-corrected chi connectivity index (χ3v) is 4.83. The van der Waals surface area contributed by atoms with Crippen LogP contribution in [0.25, 0.3) is 0 Å². The molecule has 1 fully saturated rings. The fourth-order valence-electron chi connectivity index (χ4n) is 3.81. The molecule has 0 amide bonds. The number of rotatable bonds is 1. The fraction of sp³-hybridized carbons (Fsp3) is 0.625. The second-order valence-electron chi connectivity index (χ2n) is 6.05. The lowest BCUT2D eigenvalue weighted by atomic mass is 9.85. The molecule has 1 aromatic carbocycles. The van der Waals surface area contributed by atoms with E-state index in [9.17, 15) is 0 Å². The molecule has 0 saturated heterocycles. The molecule has 4 rings (SSSR count). The Morgan fingerprint density at radius 3 is 2.70 bits per heavy atom. The predicted molar refractivity (Wildman–Crippen MR) is 75.7 cm³/mol. The maximum absolute atomic E-state index is 6.47. The van der Waals surface area contributed by atoms with Crippen molar-refractivity contribution in [1.82, 2.24) is 5.32 Å². The molecule has 0 bridgehead atoms. The molecule has 0 aromatic heterocycles. The SMILES string of the molecule is CNC1CC2(CCCC2)Oc2c1ccc1c2OCCO1. The second-order valence-corrected chi connectivity index (χ2v) is 6.05. The monoisotopic (exact) mass is 275 g/mol. The summed E-state index contributed by atoms with van der Waals surface area (Å²) in [4.78, 5) is 0. The molecular weight excluding hydrogens is 254 g/mol. The predicted octanol–water partition coefficient (Wildman–Crippen LogP) is 2.81. The molecule has 1 aliphatic carbocycles. The molecule has 1 saturated carbocycles. The summed E-state index contributed by atoms with van der Waals surface area (Å²) in [5, 5.41) is 3.44. The van der Waals surface area contributed by atoms with Gasteiger partial charge in [-0.3, -0.25) is 0 Å². The van der Waals surface area contributed by atoms with Crippen molar-refractivity contribution in [3.8, 4) is 17.2 Å². The molecular formula is C16H21NO3. The van der Waals surface area contributed by atoms with Gasteiger partial charge in [0, 0.05) is 18.0 Å². The third-order valence-electron chi connectivity index (χ3n) is 4.83. The van der Waals surface area contributed by atoms with E-state index in [0.717, 1.165) is 36.5 Å². The lowest BCUT2D eigenvalue weighted by molar-refractivity contribution is 0.0309. The summed E-state index contributed by atoms with van der Waals surface area (Å²) in [6.45, 7) is 1.22. The van der Waals surface area contributed by atoms with E-state index in [1.54, 1.807) is 0 Å². The Morgan fingerprint density at radius 2 is 1.90 bits per heavy atom. The van der Waals surface area contributed by atoms with Crippen molar-refractivity contribution in [1.29, 1.82) is 0 Å². The van der Waals surface area contributed by atoms with E-state index < -0.39 is 0 Å². The highest BCUT2D eigenvalue weighted by atomic mass is 16.6. The van der Waals surface area contributed by atoms with E-state index in [1.165, 1.54) is 18.4 Å².